The Hall–Kier alpha value is -2.41. The van der Waals surface area contributed by atoms with Gasteiger partial charge in [-0.05, 0) is 68.4 Å². The Bertz CT molecular complexity index is 966. The van der Waals surface area contributed by atoms with Gasteiger partial charge in [-0.1, -0.05) is 12.1 Å². The van der Waals surface area contributed by atoms with Crippen molar-refractivity contribution in [2.45, 2.75) is 52.1 Å². The lowest BCUT2D eigenvalue weighted by molar-refractivity contribution is -0.173. The summed E-state index contributed by atoms with van der Waals surface area (Å²) in [6, 6.07) is 7.36. The lowest BCUT2D eigenvalue weighted by Crippen LogP contribution is -2.50. The first-order valence-corrected chi connectivity index (χ1v) is 11.9. The lowest BCUT2D eigenvalue weighted by Gasteiger charge is -2.55. The quantitative estimate of drug-likeness (QED) is 0.585. The molecule has 0 saturated heterocycles. The van der Waals surface area contributed by atoms with Gasteiger partial charge in [-0.2, -0.15) is 0 Å². The van der Waals surface area contributed by atoms with Crippen LogP contribution in [0.2, 0.25) is 0 Å². The highest BCUT2D eigenvalue weighted by atomic mass is 32.1. The van der Waals surface area contributed by atoms with Gasteiger partial charge in [-0.3, -0.25) is 14.5 Å². The highest BCUT2D eigenvalue weighted by Crippen LogP contribution is 2.60. The Kier molecular flexibility index (Phi) is 5.24. The van der Waals surface area contributed by atoms with Crippen LogP contribution < -0.4 is 9.64 Å². The highest BCUT2D eigenvalue weighted by Gasteiger charge is 2.55. The number of hydrogen-bond acceptors (Lipinski definition) is 6. The van der Waals surface area contributed by atoms with Gasteiger partial charge in [0.05, 0.1) is 23.9 Å². The molecule has 1 aromatic heterocycles. The number of carbonyl (C=O) groups excluding carboxylic acids is 2. The van der Waals surface area contributed by atoms with Gasteiger partial charge in [0.1, 0.15) is 12.4 Å². The fourth-order valence-electron chi connectivity index (χ4n) is 6.34. The number of methoxy groups -OCH3 is 1. The van der Waals surface area contributed by atoms with Crippen LogP contribution in [0.25, 0.3) is 0 Å². The molecule has 31 heavy (non-hydrogen) atoms. The van der Waals surface area contributed by atoms with Gasteiger partial charge in [-0.15, -0.1) is 11.3 Å². The fourth-order valence-corrected chi connectivity index (χ4v) is 7.20. The third kappa shape index (κ3) is 3.73. The minimum Gasteiger partial charge on any atom is -0.495 e. The summed E-state index contributed by atoms with van der Waals surface area (Å²) >= 11 is 1.36. The smallest absolute Gasteiger partial charge is 0.312 e. The number of aromatic nitrogens is 1. The summed E-state index contributed by atoms with van der Waals surface area (Å²) in [5.41, 5.74) is 1.04. The molecule has 4 aliphatic carbocycles. The fraction of sp³-hybridized carbons (Fsp3) is 0.542. The van der Waals surface area contributed by atoms with Crippen molar-refractivity contribution in [2.75, 3.05) is 12.0 Å². The first-order valence-electron chi connectivity index (χ1n) is 11.0. The molecule has 2 aromatic rings. The van der Waals surface area contributed by atoms with Crippen molar-refractivity contribution in [1.82, 2.24) is 4.98 Å². The van der Waals surface area contributed by atoms with E-state index in [0.29, 0.717) is 40.0 Å². The summed E-state index contributed by atoms with van der Waals surface area (Å²) in [5, 5.41) is 2.39. The van der Waals surface area contributed by atoms with Gasteiger partial charge in [-0.25, -0.2) is 4.98 Å². The van der Waals surface area contributed by atoms with E-state index < -0.39 is 0 Å². The maximum Gasteiger partial charge on any atom is 0.312 e. The molecule has 4 saturated carbocycles. The molecule has 0 atom stereocenters. The number of carbonyl (C=O) groups is 2. The second kappa shape index (κ2) is 7.93. The van der Waals surface area contributed by atoms with Gasteiger partial charge in [0.2, 0.25) is 5.91 Å². The van der Waals surface area contributed by atoms with Gasteiger partial charge in [0.15, 0.2) is 5.13 Å². The molecule has 6 nitrogen and oxygen atoms in total. The van der Waals surface area contributed by atoms with E-state index in [1.807, 2.05) is 29.6 Å². The van der Waals surface area contributed by atoms with Crippen molar-refractivity contribution in [3.05, 3.63) is 35.3 Å². The number of amides is 1. The molecule has 4 bridgehead atoms. The normalized spacial score (nSPS) is 28.4. The molecule has 164 valence electrons. The molecule has 0 unspecified atom stereocenters. The van der Waals surface area contributed by atoms with E-state index in [2.05, 4.69) is 4.98 Å². The molecule has 1 amide bonds. The minimum absolute atomic E-state index is 0.0469. The van der Waals surface area contributed by atoms with Crippen molar-refractivity contribution in [3.63, 3.8) is 0 Å². The molecular weight excluding hydrogens is 412 g/mol. The molecule has 0 spiro atoms. The van der Waals surface area contributed by atoms with E-state index in [4.69, 9.17) is 9.47 Å². The first-order chi connectivity index (χ1) is 15.0. The topological polar surface area (TPSA) is 68.7 Å². The minimum atomic E-state index is -0.267. The maximum absolute atomic E-state index is 13.1. The number of para-hydroxylation sites is 2. The number of nitrogens with zero attached hydrogens (tertiary/aromatic N) is 2. The van der Waals surface area contributed by atoms with E-state index in [-0.39, 0.29) is 23.9 Å². The predicted octanol–water partition coefficient (Wildman–Crippen LogP) is 5.10. The summed E-state index contributed by atoms with van der Waals surface area (Å²) in [6.45, 7) is 1.65. The average Bonchev–Trinajstić information content (AvgIpc) is 3.19. The number of benzene rings is 1. The number of ether oxygens (including phenoxy) is 2. The Morgan fingerprint density at radius 3 is 2.39 bits per heavy atom. The van der Waals surface area contributed by atoms with Crippen LogP contribution in [0, 0.1) is 23.2 Å². The molecule has 0 aliphatic heterocycles. The van der Waals surface area contributed by atoms with Crippen LogP contribution >= 0.6 is 11.3 Å². The molecule has 6 rings (SSSR count). The lowest BCUT2D eigenvalue weighted by atomic mass is 9.49. The number of esters is 1. The molecular formula is C24H28N2O4S. The van der Waals surface area contributed by atoms with E-state index in [9.17, 15) is 9.59 Å². The van der Waals surface area contributed by atoms with E-state index >= 15 is 0 Å². The zero-order valence-corrected chi connectivity index (χ0v) is 18.8. The van der Waals surface area contributed by atoms with Gasteiger partial charge < -0.3 is 9.47 Å². The Morgan fingerprint density at radius 2 is 1.77 bits per heavy atom. The Labute approximate surface area is 186 Å². The van der Waals surface area contributed by atoms with Crippen LogP contribution in [0.4, 0.5) is 10.8 Å². The van der Waals surface area contributed by atoms with Crippen molar-refractivity contribution < 1.29 is 19.1 Å². The summed E-state index contributed by atoms with van der Waals surface area (Å²) in [6.07, 6.45) is 6.87. The zero-order chi connectivity index (χ0) is 21.6. The molecule has 1 aromatic carbocycles. The van der Waals surface area contributed by atoms with Crippen molar-refractivity contribution in [2.24, 2.45) is 23.2 Å². The van der Waals surface area contributed by atoms with Crippen molar-refractivity contribution in [1.29, 1.82) is 0 Å². The molecule has 0 radical (unpaired) electrons. The van der Waals surface area contributed by atoms with Crippen LogP contribution in [-0.4, -0.2) is 24.0 Å². The summed E-state index contributed by atoms with van der Waals surface area (Å²) in [7, 11) is 1.58. The summed E-state index contributed by atoms with van der Waals surface area (Å²) in [4.78, 5) is 31.6. The predicted molar refractivity (Wildman–Crippen MR) is 118 cm³/mol. The number of anilines is 2. The van der Waals surface area contributed by atoms with Crippen LogP contribution in [0.15, 0.2) is 29.6 Å². The summed E-state index contributed by atoms with van der Waals surface area (Å²) in [5.74, 6) is 2.51. The maximum atomic E-state index is 13.1. The third-order valence-electron chi connectivity index (χ3n) is 7.19. The van der Waals surface area contributed by atoms with E-state index in [1.165, 1.54) is 42.4 Å². The van der Waals surface area contributed by atoms with Gasteiger partial charge in [0.25, 0.3) is 0 Å². The second-order valence-corrected chi connectivity index (χ2v) is 10.3. The Balaban J connectivity index is 1.29. The monoisotopic (exact) mass is 440 g/mol. The summed E-state index contributed by atoms with van der Waals surface area (Å²) < 4.78 is 11.2. The SMILES string of the molecule is COc1ccccc1N(C(C)=O)c1nc(COC(=O)C23CC4CC(CC(C4)C2)C3)cs1. The first kappa shape index (κ1) is 20.5. The number of hydrogen-bond donors (Lipinski definition) is 0. The van der Waals surface area contributed by atoms with Gasteiger partial charge in [0, 0.05) is 12.3 Å². The largest absolute Gasteiger partial charge is 0.495 e. The molecule has 7 heteroatoms. The third-order valence-corrected chi connectivity index (χ3v) is 8.07. The van der Waals surface area contributed by atoms with Crippen LogP contribution in [0.5, 0.6) is 5.75 Å². The standard InChI is InChI=1S/C24H28N2O4S/c1-15(27)26(20-5-3-4-6-21(20)29-2)23-25-19(14-31-23)13-30-22(28)24-10-16-7-17(11-24)9-18(8-16)12-24/h3-6,14,16-18H,7-13H2,1-2H3. The molecule has 4 fully saturated rings. The van der Waals surface area contributed by atoms with Gasteiger partial charge >= 0.3 is 5.97 Å². The van der Waals surface area contributed by atoms with E-state index in [0.717, 1.165) is 19.3 Å². The van der Waals surface area contributed by atoms with Crippen LogP contribution in [0.1, 0.15) is 51.1 Å². The Morgan fingerprint density at radius 1 is 1.13 bits per heavy atom. The van der Waals surface area contributed by atoms with Crippen molar-refractivity contribution in [3.8, 4) is 5.75 Å². The number of thiazole rings is 1. The zero-order valence-electron chi connectivity index (χ0n) is 18.0. The van der Waals surface area contributed by atoms with E-state index in [1.54, 1.807) is 7.11 Å². The second-order valence-electron chi connectivity index (χ2n) is 9.42. The van der Waals surface area contributed by atoms with Crippen LogP contribution in [0.3, 0.4) is 0 Å². The molecule has 0 N–H and O–H groups in total. The molecule has 4 aliphatic rings. The molecule has 1 heterocycles. The highest BCUT2D eigenvalue weighted by molar-refractivity contribution is 7.14. The average molecular weight is 441 g/mol. The number of rotatable bonds is 6. The van der Waals surface area contributed by atoms with Crippen molar-refractivity contribution >= 4 is 34.0 Å². The van der Waals surface area contributed by atoms with Crippen LogP contribution in [-0.2, 0) is 20.9 Å².